The minimum atomic E-state index is -0.457. The normalized spacial score (nSPS) is 10.7. The van der Waals surface area contributed by atoms with Crippen LogP contribution in [-0.4, -0.2) is 30.0 Å². The van der Waals surface area contributed by atoms with Gasteiger partial charge < -0.3 is 4.74 Å². The van der Waals surface area contributed by atoms with Crippen LogP contribution in [0.1, 0.15) is 12.5 Å². The number of para-hydroxylation sites is 1. The van der Waals surface area contributed by atoms with Crippen LogP contribution < -0.4 is 4.90 Å². The van der Waals surface area contributed by atoms with Crippen molar-refractivity contribution in [2.45, 2.75) is 13.3 Å². The van der Waals surface area contributed by atoms with Gasteiger partial charge in [-0.3, -0.25) is 14.5 Å². The Labute approximate surface area is 160 Å². The van der Waals surface area contributed by atoms with Gasteiger partial charge in [-0.05, 0) is 36.8 Å². The molecule has 134 valence electrons. The van der Waals surface area contributed by atoms with Gasteiger partial charge in [-0.25, -0.2) is 4.98 Å². The molecule has 0 unspecified atom stereocenters. The van der Waals surface area contributed by atoms with Crippen molar-refractivity contribution >= 4 is 50.2 Å². The summed E-state index contributed by atoms with van der Waals surface area (Å²) in [6.45, 7) is 2.00. The fourth-order valence-electron chi connectivity index (χ4n) is 2.43. The summed E-state index contributed by atoms with van der Waals surface area (Å²) in [6, 6.07) is 14.6. The van der Waals surface area contributed by atoms with E-state index < -0.39 is 5.97 Å². The summed E-state index contributed by atoms with van der Waals surface area (Å²) < 4.78 is 6.14. The molecule has 5 nitrogen and oxygen atoms in total. The number of halogens is 1. The summed E-state index contributed by atoms with van der Waals surface area (Å²) >= 11 is 7.26. The fraction of sp³-hybridized carbons (Fsp3) is 0.211. The van der Waals surface area contributed by atoms with Crippen molar-refractivity contribution in [3.63, 3.8) is 0 Å². The SMILES string of the molecule is CCN(C(=O)COC(=O)Cc1ccc(Cl)cc1)c1nc2ccccc2s1. The molecule has 1 heterocycles. The lowest BCUT2D eigenvalue weighted by atomic mass is 10.1. The molecule has 2 aromatic carbocycles. The molecule has 0 radical (unpaired) electrons. The molecule has 3 aromatic rings. The Kier molecular flexibility index (Phi) is 5.85. The van der Waals surface area contributed by atoms with Gasteiger partial charge in [0.25, 0.3) is 5.91 Å². The monoisotopic (exact) mass is 388 g/mol. The first kappa shape index (κ1) is 18.4. The van der Waals surface area contributed by atoms with Crippen molar-refractivity contribution in [3.8, 4) is 0 Å². The molecule has 0 fully saturated rings. The lowest BCUT2D eigenvalue weighted by Crippen LogP contribution is -2.34. The predicted molar refractivity (Wildman–Crippen MR) is 104 cm³/mol. The molecule has 7 heteroatoms. The third kappa shape index (κ3) is 4.39. The Morgan fingerprint density at radius 2 is 1.88 bits per heavy atom. The van der Waals surface area contributed by atoms with Gasteiger partial charge in [0.1, 0.15) is 0 Å². The molecule has 0 aliphatic carbocycles. The predicted octanol–water partition coefficient (Wildman–Crippen LogP) is 4.09. The minimum absolute atomic E-state index is 0.0950. The summed E-state index contributed by atoms with van der Waals surface area (Å²) in [4.78, 5) is 30.4. The first-order chi connectivity index (χ1) is 12.6. The molecule has 1 amide bonds. The van der Waals surface area contributed by atoms with Crippen molar-refractivity contribution in [1.82, 2.24) is 4.98 Å². The number of hydrogen-bond acceptors (Lipinski definition) is 5. The number of aromatic nitrogens is 1. The zero-order valence-electron chi connectivity index (χ0n) is 14.1. The number of benzene rings is 2. The number of rotatable bonds is 6. The summed E-state index contributed by atoms with van der Waals surface area (Å²) in [7, 11) is 0. The highest BCUT2D eigenvalue weighted by atomic mass is 35.5. The van der Waals surface area contributed by atoms with E-state index in [-0.39, 0.29) is 18.9 Å². The second-order valence-electron chi connectivity index (χ2n) is 5.57. The van der Waals surface area contributed by atoms with Crippen LogP contribution in [0.2, 0.25) is 5.02 Å². The molecule has 0 aliphatic heterocycles. The van der Waals surface area contributed by atoms with Crippen LogP contribution in [0.3, 0.4) is 0 Å². The highest BCUT2D eigenvalue weighted by molar-refractivity contribution is 7.22. The maximum Gasteiger partial charge on any atom is 0.310 e. The van der Waals surface area contributed by atoms with E-state index in [2.05, 4.69) is 4.98 Å². The second-order valence-corrected chi connectivity index (χ2v) is 7.01. The van der Waals surface area contributed by atoms with Gasteiger partial charge in [0.15, 0.2) is 11.7 Å². The van der Waals surface area contributed by atoms with Crippen molar-refractivity contribution < 1.29 is 14.3 Å². The lowest BCUT2D eigenvalue weighted by Gasteiger charge is -2.17. The molecule has 1 aromatic heterocycles. The third-order valence-electron chi connectivity index (χ3n) is 3.75. The standard InChI is InChI=1S/C19H17ClN2O3S/c1-2-22(19-21-15-5-3-4-6-16(15)26-19)17(23)12-25-18(24)11-13-7-9-14(20)10-8-13/h3-10H,2,11-12H2,1H3. The smallest absolute Gasteiger partial charge is 0.310 e. The van der Waals surface area contributed by atoms with Crippen LogP contribution in [-0.2, 0) is 20.7 Å². The van der Waals surface area contributed by atoms with Gasteiger partial charge in [0.05, 0.1) is 16.6 Å². The van der Waals surface area contributed by atoms with Crippen LogP contribution in [0.4, 0.5) is 5.13 Å². The molecular weight excluding hydrogens is 372 g/mol. The number of anilines is 1. The number of fused-ring (bicyclic) bond motifs is 1. The van der Waals surface area contributed by atoms with Crippen LogP contribution >= 0.6 is 22.9 Å². The molecule has 3 rings (SSSR count). The summed E-state index contributed by atoms with van der Waals surface area (Å²) in [5, 5.41) is 1.21. The number of ether oxygens (including phenoxy) is 1. The Balaban J connectivity index is 1.60. The van der Waals surface area contributed by atoms with Gasteiger partial charge in [-0.15, -0.1) is 0 Å². The van der Waals surface area contributed by atoms with Gasteiger partial charge in [0.2, 0.25) is 0 Å². The lowest BCUT2D eigenvalue weighted by molar-refractivity contribution is -0.147. The maximum atomic E-state index is 12.5. The van der Waals surface area contributed by atoms with Crippen molar-refractivity contribution in [3.05, 3.63) is 59.1 Å². The van der Waals surface area contributed by atoms with E-state index in [4.69, 9.17) is 16.3 Å². The van der Waals surface area contributed by atoms with E-state index in [0.717, 1.165) is 15.8 Å². The van der Waals surface area contributed by atoms with Crippen LogP contribution in [0, 0.1) is 0 Å². The van der Waals surface area contributed by atoms with E-state index in [9.17, 15) is 9.59 Å². The zero-order chi connectivity index (χ0) is 18.5. The number of likely N-dealkylation sites (N-methyl/N-ethyl adjacent to an activating group) is 1. The molecule has 0 aliphatic rings. The van der Waals surface area contributed by atoms with Crippen LogP contribution in [0.5, 0.6) is 0 Å². The van der Waals surface area contributed by atoms with Gasteiger partial charge in [0, 0.05) is 11.6 Å². The Morgan fingerprint density at radius 1 is 1.15 bits per heavy atom. The summed E-state index contributed by atoms with van der Waals surface area (Å²) in [5.41, 5.74) is 1.63. The van der Waals surface area contributed by atoms with E-state index in [1.165, 1.54) is 16.2 Å². The molecule has 0 saturated carbocycles. The first-order valence-electron chi connectivity index (χ1n) is 8.13. The highest BCUT2D eigenvalue weighted by Gasteiger charge is 2.19. The summed E-state index contributed by atoms with van der Waals surface area (Å²) in [6.07, 6.45) is 0.0950. The van der Waals surface area contributed by atoms with Gasteiger partial charge in [-0.2, -0.15) is 0 Å². The Hall–Kier alpha value is -2.44. The van der Waals surface area contributed by atoms with Crippen molar-refractivity contribution in [2.24, 2.45) is 0 Å². The molecule has 0 N–H and O–H groups in total. The van der Waals surface area contributed by atoms with Gasteiger partial charge >= 0.3 is 5.97 Å². The quantitative estimate of drug-likeness (QED) is 0.597. The van der Waals surface area contributed by atoms with Crippen molar-refractivity contribution in [1.29, 1.82) is 0 Å². The van der Waals surface area contributed by atoms with Crippen LogP contribution in [0.25, 0.3) is 10.2 Å². The molecule has 0 bridgehead atoms. The number of hydrogen-bond donors (Lipinski definition) is 0. The fourth-order valence-corrected chi connectivity index (χ4v) is 3.61. The van der Waals surface area contributed by atoms with E-state index in [0.29, 0.717) is 16.7 Å². The summed E-state index contributed by atoms with van der Waals surface area (Å²) in [5.74, 6) is -0.753. The average Bonchev–Trinajstić information content (AvgIpc) is 3.06. The van der Waals surface area contributed by atoms with Gasteiger partial charge in [-0.1, -0.05) is 47.2 Å². The topological polar surface area (TPSA) is 59.5 Å². The average molecular weight is 389 g/mol. The number of carbonyl (C=O) groups is 2. The molecule has 0 atom stereocenters. The largest absolute Gasteiger partial charge is 0.455 e. The zero-order valence-corrected chi connectivity index (χ0v) is 15.7. The number of thiazole rings is 1. The number of amides is 1. The minimum Gasteiger partial charge on any atom is -0.455 e. The molecule has 0 spiro atoms. The number of carbonyl (C=O) groups excluding carboxylic acids is 2. The second kappa shape index (κ2) is 8.29. The van der Waals surface area contributed by atoms with Crippen LogP contribution in [0.15, 0.2) is 48.5 Å². The highest BCUT2D eigenvalue weighted by Crippen LogP contribution is 2.28. The molecule has 0 saturated heterocycles. The number of esters is 1. The Bertz CT molecular complexity index is 891. The molecule has 26 heavy (non-hydrogen) atoms. The van der Waals surface area contributed by atoms with E-state index in [1.54, 1.807) is 24.3 Å². The number of nitrogens with zero attached hydrogens (tertiary/aromatic N) is 2. The van der Waals surface area contributed by atoms with Crippen molar-refractivity contribution in [2.75, 3.05) is 18.1 Å². The molecular formula is C19H17ClN2O3S. The van der Waals surface area contributed by atoms with E-state index >= 15 is 0 Å². The first-order valence-corrected chi connectivity index (χ1v) is 9.32. The van der Waals surface area contributed by atoms with E-state index in [1.807, 2.05) is 31.2 Å². The Morgan fingerprint density at radius 3 is 2.58 bits per heavy atom. The third-order valence-corrected chi connectivity index (χ3v) is 5.06. The maximum absolute atomic E-state index is 12.5.